The highest BCUT2D eigenvalue weighted by Crippen LogP contribution is 2.39. The molecule has 1 aliphatic rings. The summed E-state index contributed by atoms with van der Waals surface area (Å²) in [6.45, 7) is 1.34. The first-order valence-electron chi connectivity index (χ1n) is 8.97. The van der Waals surface area contributed by atoms with E-state index in [9.17, 15) is 9.90 Å². The molecule has 2 aromatic rings. The molecule has 0 radical (unpaired) electrons. The molecule has 1 heterocycles. The molecule has 27 heavy (non-hydrogen) atoms. The van der Waals surface area contributed by atoms with Crippen LogP contribution in [0.15, 0.2) is 46.9 Å². The number of nitrogens with zero attached hydrogens (tertiary/aromatic N) is 1. The van der Waals surface area contributed by atoms with Crippen molar-refractivity contribution in [2.75, 3.05) is 27.3 Å². The van der Waals surface area contributed by atoms with Gasteiger partial charge in [0, 0.05) is 16.6 Å². The zero-order valence-electron chi connectivity index (χ0n) is 15.5. The van der Waals surface area contributed by atoms with Crippen molar-refractivity contribution in [3.8, 4) is 11.5 Å². The smallest absolute Gasteiger partial charge is 0.307 e. The number of rotatable bonds is 6. The van der Waals surface area contributed by atoms with Crippen molar-refractivity contribution in [1.29, 1.82) is 0 Å². The Bertz CT molecular complexity index is 811. The first kappa shape index (κ1) is 19.7. The summed E-state index contributed by atoms with van der Waals surface area (Å²) < 4.78 is 12.0. The summed E-state index contributed by atoms with van der Waals surface area (Å²) in [4.78, 5) is 13.8. The van der Waals surface area contributed by atoms with Gasteiger partial charge in [-0.25, -0.2) is 0 Å². The summed E-state index contributed by atoms with van der Waals surface area (Å²) in [5.74, 6) is 0.469. The van der Waals surface area contributed by atoms with Crippen LogP contribution >= 0.6 is 15.9 Å². The Balaban J connectivity index is 2.09. The number of carboxylic acids is 1. The molecule has 0 amide bonds. The highest BCUT2D eigenvalue weighted by atomic mass is 79.9. The van der Waals surface area contributed by atoms with Gasteiger partial charge in [-0.3, -0.25) is 9.69 Å². The van der Waals surface area contributed by atoms with Crippen molar-refractivity contribution in [3.63, 3.8) is 0 Å². The average Bonchev–Trinajstić information content (AvgIpc) is 2.69. The lowest BCUT2D eigenvalue weighted by molar-refractivity contribution is -0.143. The average molecular weight is 434 g/mol. The number of ether oxygens (including phenoxy) is 2. The number of hydrogen-bond donors (Lipinski definition) is 1. The summed E-state index contributed by atoms with van der Waals surface area (Å²) in [5.41, 5.74) is 2.06. The number of halogens is 1. The summed E-state index contributed by atoms with van der Waals surface area (Å²) in [5, 5.41) is 9.53. The lowest BCUT2D eigenvalue weighted by Crippen LogP contribution is -2.41. The molecule has 6 heteroatoms. The molecular formula is C21H24BrNO4. The maximum absolute atomic E-state index is 11.6. The van der Waals surface area contributed by atoms with Crippen molar-refractivity contribution in [3.05, 3.63) is 58.1 Å². The van der Waals surface area contributed by atoms with Crippen molar-refractivity contribution < 1.29 is 19.4 Å². The van der Waals surface area contributed by atoms with Gasteiger partial charge in [0.2, 0.25) is 0 Å². The van der Waals surface area contributed by atoms with Gasteiger partial charge in [0.25, 0.3) is 0 Å². The van der Waals surface area contributed by atoms with E-state index in [2.05, 4.69) is 26.9 Å². The minimum Gasteiger partial charge on any atom is -0.497 e. The number of carbonyl (C=O) groups is 1. The SMILES string of the molecule is COc1cccc(C(c2cc(Br)ccc2OC)N2CCCC(C(=O)O)C2)c1. The molecule has 5 nitrogen and oxygen atoms in total. The lowest BCUT2D eigenvalue weighted by atomic mass is 9.91. The number of piperidine rings is 1. The van der Waals surface area contributed by atoms with Gasteiger partial charge < -0.3 is 14.6 Å². The molecule has 0 saturated carbocycles. The van der Waals surface area contributed by atoms with Crippen molar-refractivity contribution in [2.24, 2.45) is 5.92 Å². The van der Waals surface area contributed by atoms with Gasteiger partial charge in [-0.15, -0.1) is 0 Å². The van der Waals surface area contributed by atoms with Gasteiger partial charge in [0.1, 0.15) is 11.5 Å². The third-order valence-corrected chi connectivity index (χ3v) is 5.56. The molecule has 0 bridgehead atoms. The Kier molecular flexibility index (Phi) is 6.39. The van der Waals surface area contributed by atoms with E-state index in [1.54, 1.807) is 14.2 Å². The van der Waals surface area contributed by atoms with Gasteiger partial charge in [0.15, 0.2) is 0 Å². The van der Waals surface area contributed by atoms with E-state index < -0.39 is 5.97 Å². The van der Waals surface area contributed by atoms with Crippen LogP contribution in [0, 0.1) is 5.92 Å². The second-order valence-corrected chi connectivity index (χ2v) is 7.65. The highest BCUT2D eigenvalue weighted by Gasteiger charge is 2.32. The van der Waals surface area contributed by atoms with Gasteiger partial charge in [-0.1, -0.05) is 28.1 Å². The number of methoxy groups -OCH3 is 2. The summed E-state index contributed by atoms with van der Waals surface area (Å²) >= 11 is 3.56. The van der Waals surface area contributed by atoms with Gasteiger partial charge in [-0.05, 0) is 55.3 Å². The fraction of sp³-hybridized carbons (Fsp3) is 0.381. The van der Waals surface area contributed by atoms with E-state index >= 15 is 0 Å². The Morgan fingerprint density at radius 3 is 2.74 bits per heavy atom. The quantitative estimate of drug-likeness (QED) is 0.733. The van der Waals surface area contributed by atoms with E-state index in [-0.39, 0.29) is 12.0 Å². The minimum absolute atomic E-state index is 0.116. The van der Waals surface area contributed by atoms with Crippen molar-refractivity contribution in [1.82, 2.24) is 4.90 Å². The maximum Gasteiger partial charge on any atom is 0.307 e. The normalized spacial score (nSPS) is 18.7. The molecule has 2 unspecified atom stereocenters. The minimum atomic E-state index is -0.731. The number of carboxylic acid groups (broad SMARTS) is 1. The molecular weight excluding hydrogens is 410 g/mol. The lowest BCUT2D eigenvalue weighted by Gasteiger charge is -2.38. The molecule has 1 fully saturated rings. The maximum atomic E-state index is 11.6. The Labute approximate surface area is 168 Å². The van der Waals surface area contributed by atoms with Crippen molar-refractivity contribution >= 4 is 21.9 Å². The number of aliphatic carboxylic acids is 1. The highest BCUT2D eigenvalue weighted by molar-refractivity contribution is 9.10. The van der Waals surface area contributed by atoms with Crippen LogP contribution in [0.5, 0.6) is 11.5 Å². The van der Waals surface area contributed by atoms with Gasteiger partial charge in [-0.2, -0.15) is 0 Å². The molecule has 0 aromatic heterocycles. The number of benzene rings is 2. The van der Waals surface area contributed by atoms with E-state index in [0.717, 1.165) is 40.1 Å². The molecule has 2 aromatic carbocycles. The molecule has 1 aliphatic heterocycles. The monoisotopic (exact) mass is 433 g/mol. The first-order valence-corrected chi connectivity index (χ1v) is 9.77. The van der Waals surface area contributed by atoms with E-state index in [0.29, 0.717) is 13.0 Å². The van der Waals surface area contributed by atoms with Gasteiger partial charge >= 0.3 is 5.97 Å². The van der Waals surface area contributed by atoms with Crippen molar-refractivity contribution in [2.45, 2.75) is 18.9 Å². The standard InChI is InChI=1S/C21H24BrNO4/c1-26-17-7-3-5-14(11-17)20(18-12-16(22)8-9-19(18)27-2)23-10-4-6-15(13-23)21(24)25/h3,5,7-9,11-12,15,20H,4,6,10,13H2,1-2H3,(H,24,25). The van der Waals surface area contributed by atoms with Crippen LogP contribution in [-0.4, -0.2) is 43.3 Å². The first-order chi connectivity index (χ1) is 13.0. The largest absolute Gasteiger partial charge is 0.497 e. The predicted molar refractivity (Wildman–Crippen MR) is 107 cm³/mol. The second-order valence-electron chi connectivity index (χ2n) is 6.74. The zero-order chi connectivity index (χ0) is 19.4. The van der Waals surface area contributed by atoms with Crippen LogP contribution in [-0.2, 0) is 4.79 Å². The molecule has 1 saturated heterocycles. The topological polar surface area (TPSA) is 59.0 Å². The zero-order valence-corrected chi connectivity index (χ0v) is 17.1. The molecule has 0 aliphatic carbocycles. The molecule has 2 atom stereocenters. The Morgan fingerprint density at radius 1 is 1.22 bits per heavy atom. The van der Waals surface area contributed by atoms with Crippen LogP contribution in [0.2, 0.25) is 0 Å². The third-order valence-electron chi connectivity index (χ3n) is 5.06. The van der Waals surface area contributed by atoms with E-state index in [1.807, 2.05) is 36.4 Å². The van der Waals surface area contributed by atoms with E-state index in [1.165, 1.54) is 0 Å². The molecule has 1 N–H and O–H groups in total. The Morgan fingerprint density at radius 2 is 2.04 bits per heavy atom. The third kappa shape index (κ3) is 4.45. The van der Waals surface area contributed by atoms with E-state index in [4.69, 9.17) is 9.47 Å². The van der Waals surface area contributed by atoms with Crippen LogP contribution in [0.3, 0.4) is 0 Å². The van der Waals surface area contributed by atoms with Crippen LogP contribution in [0.4, 0.5) is 0 Å². The summed E-state index contributed by atoms with van der Waals surface area (Å²) in [6.07, 6.45) is 1.57. The Hall–Kier alpha value is -2.05. The van der Waals surface area contributed by atoms with Crippen LogP contribution < -0.4 is 9.47 Å². The summed E-state index contributed by atoms with van der Waals surface area (Å²) in [7, 11) is 3.31. The fourth-order valence-electron chi connectivity index (χ4n) is 3.76. The van der Waals surface area contributed by atoms with Gasteiger partial charge in [0.05, 0.1) is 26.2 Å². The predicted octanol–water partition coefficient (Wildman–Crippen LogP) is 4.35. The molecule has 0 spiro atoms. The fourth-order valence-corrected chi connectivity index (χ4v) is 4.14. The molecule has 3 rings (SSSR count). The van der Waals surface area contributed by atoms with Crippen LogP contribution in [0.25, 0.3) is 0 Å². The number of likely N-dealkylation sites (tertiary alicyclic amines) is 1. The summed E-state index contributed by atoms with van der Waals surface area (Å²) in [6, 6.07) is 13.8. The van der Waals surface area contributed by atoms with Crippen LogP contribution in [0.1, 0.15) is 30.0 Å². The second kappa shape index (κ2) is 8.76. The number of hydrogen-bond acceptors (Lipinski definition) is 4. The molecule has 144 valence electrons.